The van der Waals surface area contributed by atoms with Crippen molar-refractivity contribution in [2.75, 3.05) is 18.0 Å². The van der Waals surface area contributed by atoms with Crippen LogP contribution in [0.3, 0.4) is 0 Å². The molecule has 1 heterocycles. The van der Waals surface area contributed by atoms with Crippen molar-refractivity contribution in [1.82, 2.24) is 4.72 Å². The molecule has 2 aromatic carbocycles. The molecule has 0 atom stereocenters. The lowest BCUT2D eigenvalue weighted by atomic mass is 10.0. The SMILES string of the molecule is CC(C)Oc1ccc(S(=O)(=O)NCC(=O)N2CCCc3ccccc32)cc1. The average Bonchev–Trinajstić information content (AvgIpc) is 2.65. The Morgan fingerprint density at radius 3 is 2.56 bits per heavy atom. The second kappa shape index (κ2) is 8.10. The second-order valence-electron chi connectivity index (χ2n) is 6.74. The molecule has 0 saturated heterocycles. The van der Waals surface area contributed by atoms with Crippen molar-refractivity contribution in [3.8, 4) is 5.75 Å². The lowest BCUT2D eigenvalue weighted by Crippen LogP contribution is -2.42. The normalized spacial score (nSPS) is 14.1. The number of rotatable bonds is 6. The molecule has 0 fully saturated rings. The smallest absolute Gasteiger partial charge is 0.242 e. The van der Waals surface area contributed by atoms with E-state index in [0.29, 0.717) is 12.3 Å². The van der Waals surface area contributed by atoms with E-state index in [9.17, 15) is 13.2 Å². The van der Waals surface area contributed by atoms with E-state index < -0.39 is 10.0 Å². The lowest BCUT2D eigenvalue weighted by molar-refractivity contribution is -0.117. The van der Waals surface area contributed by atoms with Crippen molar-refractivity contribution in [2.24, 2.45) is 0 Å². The summed E-state index contributed by atoms with van der Waals surface area (Å²) in [6.07, 6.45) is 1.80. The van der Waals surface area contributed by atoms with Gasteiger partial charge in [0, 0.05) is 12.2 Å². The molecule has 0 saturated carbocycles. The third-order valence-corrected chi connectivity index (χ3v) is 5.75. The van der Waals surface area contributed by atoms with Crippen LogP contribution in [-0.4, -0.2) is 33.5 Å². The molecule has 6 nitrogen and oxygen atoms in total. The Kier molecular flexibility index (Phi) is 5.82. The van der Waals surface area contributed by atoms with Gasteiger partial charge in [-0.25, -0.2) is 13.1 Å². The monoisotopic (exact) mass is 388 g/mol. The summed E-state index contributed by atoms with van der Waals surface area (Å²) in [7, 11) is -3.77. The van der Waals surface area contributed by atoms with Crippen LogP contribution in [0.1, 0.15) is 25.8 Å². The van der Waals surface area contributed by atoms with Gasteiger partial charge in [-0.1, -0.05) is 18.2 Å². The zero-order valence-corrected chi connectivity index (χ0v) is 16.3. The summed E-state index contributed by atoms with van der Waals surface area (Å²) in [5, 5.41) is 0. The highest BCUT2D eigenvalue weighted by atomic mass is 32.2. The fraction of sp³-hybridized carbons (Fsp3) is 0.350. The summed E-state index contributed by atoms with van der Waals surface area (Å²) < 4.78 is 32.9. The predicted molar refractivity (Wildman–Crippen MR) is 105 cm³/mol. The molecule has 1 N–H and O–H groups in total. The maximum absolute atomic E-state index is 12.6. The number of sulfonamides is 1. The second-order valence-corrected chi connectivity index (χ2v) is 8.51. The molecular formula is C20H24N2O4S. The molecule has 1 amide bonds. The first-order chi connectivity index (χ1) is 12.9. The molecule has 1 aliphatic heterocycles. The third kappa shape index (κ3) is 4.67. The minimum Gasteiger partial charge on any atom is -0.491 e. The van der Waals surface area contributed by atoms with Crippen LogP contribution in [0.2, 0.25) is 0 Å². The number of nitrogens with zero attached hydrogens (tertiary/aromatic N) is 1. The molecule has 1 aliphatic rings. The van der Waals surface area contributed by atoms with E-state index in [1.54, 1.807) is 17.0 Å². The van der Waals surface area contributed by atoms with E-state index in [-0.39, 0.29) is 23.5 Å². The van der Waals surface area contributed by atoms with Gasteiger partial charge in [-0.05, 0) is 62.6 Å². The topological polar surface area (TPSA) is 75.7 Å². The summed E-state index contributed by atoms with van der Waals surface area (Å²) in [6, 6.07) is 13.9. The first kappa shape index (κ1) is 19.4. The zero-order valence-electron chi connectivity index (χ0n) is 15.5. The van der Waals surface area contributed by atoms with Crippen molar-refractivity contribution in [1.29, 1.82) is 0 Å². The number of ether oxygens (including phenoxy) is 1. The number of fused-ring (bicyclic) bond motifs is 1. The molecule has 0 radical (unpaired) electrons. The van der Waals surface area contributed by atoms with Crippen LogP contribution in [0.15, 0.2) is 53.4 Å². The van der Waals surface area contributed by atoms with Gasteiger partial charge in [0.05, 0.1) is 17.5 Å². The fourth-order valence-electron chi connectivity index (χ4n) is 3.10. The van der Waals surface area contributed by atoms with Crippen LogP contribution < -0.4 is 14.4 Å². The molecular weight excluding hydrogens is 364 g/mol. The van der Waals surface area contributed by atoms with Crippen molar-refractivity contribution in [3.05, 3.63) is 54.1 Å². The minimum atomic E-state index is -3.77. The molecule has 27 heavy (non-hydrogen) atoms. The van der Waals surface area contributed by atoms with Gasteiger partial charge in [-0.3, -0.25) is 4.79 Å². The Hall–Kier alpha value is -2.38. The highest BCUT2D eigenvalue weighted by molar-refractivity contribution is 7.89. The van der Waals surface area contributed by atoms with Crippen LogP contribution >= 0.6 is 0 Å². The van der Waals surface area contributed by atoms with Crippen LogP contribution in [-0.2, 0) is 21.2 Å². The van der Waals surface area contributed by atoms with E-state index >= 15 is 0 Å². The Morgan fingerprint density at radius 2 is 1.85 bits per heavy atom. The zero-order chi connectivity index (χ0) is 19.4. The molecule has 3 rings (SSSR count). The summed E-state index contributed by atoms with van der Waals surface area (Å²) in [5.41, 5.74) is 1.98. The van der Waals surface area contributed by atoms with Crippen LogP contribution in [0, 0.1) is 0 Å². The van der Waals surface area contributed by atoms with E-state index in [0.717, 1.165) is 24.1 Å². The summed E-state index contributed by atoms with van der Waals surface area (Å²) in [4.78, 5) is 14.3. The van der Waals surface area contributed by atoms with Gasteiger partial charge < -0.3 is 9.64 Å². The van der Waals surface area contributed by atoms with Gasteiger partial charge in [0.1, 0.15) is 5.75 Å². The number of amides is 1. The van der Waals surface area contributed by atoms with Gasteiger partial charge in [-0.15, -0.1) is 0 Å². The maximum atomic E-state index is 12.6. The Labute approximate surface area is 160 Å². The lowest BCUT2D eigenvalue weighted by Gasteiger charge is -2.29. The number of nitrogens with one attached hydrogen (secondary N) is 1. The number of aryl methyl sites for hydroxylation is 1. The van der Waals surface area contributed by atoms with Crippen molar-refractivity contribution < 1.29 is 17.9 Å². The number of anilines is 1. The van der Waals surface area contributed by atoms with E-state index in [2.05, 4.69) is 4.72 Å². The Balaban J connectivity index is 1.66. The number of para-hydroxylation sites is 1. The standard InChI is InChI=1S/C20H24N2O4S/c1-15(2)26-17-9-11-18(12-10-17)27(24,25)21-14-20(23)22-13-5-7-16-6-3-4-8-19(16)22/h3-4,6,8-12,15,21H,5,7,13-14H2,1-2H3. The van der Waals surface area contributed by atoms with Crippen LogP contribution in [0.5, 0.6) is 5.75 Å². The van der Waals surface area contributed by atoms with E-state index in [4.69, 9.17) is 4.74 Å². The molecule has 0 aromatic heterocycles. The van der Waals surface area contributed by atoms with Crippen molar-refractivity contribution in [2.45, 2.75) is 37.7 Å². The number of hydrogen-bond donors (Lipinski definition) is 1. The third-order valence-electron chi connectivity index (χ3n) is 4.33. The van der Waals surface area contributed by atoms with Gasteiger partial charge >= 0.3 is 0 Å². The molecule has 0 aliphatic carbocycles. The summed E-state index contributed by atoms with van der Waals surface area (Å²) >= 11 is 0. The Morgan fingerprint density at radius 1 is 1.15 bits per heavy atom. The molecule has 0 unspecified atom stereocenters. The summed E-state index contributed by atoms with van der Waals surface area (Å²) in [5.74, 6) is 0.343. The molecule has 2 aromatic rings. The van der Waals surface area contributed by atoms with Crippen LogP contribution in [0.4, 0.5) is 5.69 Å². The highest BCUT2D eigenvalue weighted by Crippen LogP contribution is 2.26. The highest BCUT2D eigenvalue weighted by Gasteiger charge is 2.24. The first-order valence-electron chi connectivity index (χ1n) is 9.01. The van der Waals surface area contributed by atoms with E-state index in [1.165, 1.54) is 12.1 Å². The average molecular weight is 388 g/mol. The number of carbonyl (C=O) groups is 1. The molecule has 7 heteroatoms. The minimum absolute atomic E-state index is 0.00984. The molecule has 144 valence electrons. The number of carbonyl (C=O) groups excluding carboxylic acids is 1. The van der Waals surface area contributed by atoms with Gasteiger partial charge in [0.15, 0.2) is 0 Å². The largest absolute Gasteiger partial charge is 0.491 e. The first-order valence-corrected chi connectivity index (χ1v) is 10.5. The number of benzene rings is 2. The van der Waals surface area contributed by atoms with Gasteiger partial charge in [-0.2, -0.15) is 0 Å². The number of hydrogen-bond acceptors (Lipinski definition) is 4. The molecule has 0 bridgehead atoms. The van der Waals surface area contributed by atoms with E-state index in [1.807, 2.05) is 38.1 Å². The quantitative estimate of drug-likeness (QED) is 0.826. The van der Waals surface area contributed by atoms with Crippen molar-refractivity contribution >= 4 is 21.6 Å². The fourth-order valence-corrected chi connectivity index (χ4v) is 4.07. The van der Waals surface area contributed by atoms with Crippen LogP contribution in [0.25, 0.3) is 0 Å². The van der Waals surface area contributed by atoms with Crippen molar-refractivity contribution in [3.63, 3.8) is 0 Å². The van der Waals surface area contributed by atoms with Gasteiger partial charge in [0.2, 0.25) is 15.9 Å². The summed E-state index contributed by atoms with van der Waals surface area (Å²) in [6.45, 7) is 4.12. The molecule has 0 spiro atoms. The predicted octanol–water partition coefficient (Wildman–Crippen LogP) is 2.73. The van der Waals surface area contributed by atoms with Gasteiger partial charge in [0.25, 0.3) is 0 Å². The Bertz CT molecular complexity index is 908. The maximum Gasteiger partial charge on any atom is 0.242 e.